The summed E-state index contributed by atoms with van der Waals surface area (Å²) in [6.07, 6.45) is -0.972. The molecule has 1 unspecified atom stereocenters. The van der Waals surface area contributed by atoms with Crippen LogP contribution in [-0.4, -0.2) is 30.9 Å². The third kappa shape index (κ3) is 4.12. The number of rotatable bonds is 5. The Labute approximate surface area is 146 Å². The Balaban J connectivity index is 2.19. The van der Waals surface area contributed by atoms with E-state index in [0.29, 0.717) is 5.56 Å². The van der Waals surface area contributed by atoms with Crippen molar-refractivity contribution in [3.8, 4) is 0 Å². The second-order valence-corrected chi connectivity index (χ2v) is 5.75. The summed E-state index contributed by atoms with van der Waals surface area (Å²) in [7, 11) is 1.23. The molecule has 0 saturated heterocycles. The zero-order valence-corrected chi connectivity index (χ0v) is 14.7. The summed E-state index contributed by atoms with van der Waals surface area (Å²) in [5.74, 6) is -1.68. The molecule has 0 aliphatic rings. The number of hydrogen-bond acceptors (Lipinski definition) is 5. The van der Waals surface area contributed by atoms with Crippen LogP contribution in [-0.2, 0) is 9.47 Å². The van der Waals surface area contributed by atoms with E-state index in [-0.39, 0.29) is 16.9 Å². The predicted molar refractivity (Wildman–Crippen MR) is 92.9 cm³/mol. The molecule has 0 bridgehead atoms. The number of aryl methyl sites for hydroxylation is 2. The number of benzene rings is 2. The fourth-order valence-corrected chi connectivity index (χ4v) is 2.36. The second kappa shape index (κ2) is 7.75. The van der Waals surface area contributed by atoms with Crippen LogP contribution in [0.2, 0.25) is 0 Å². The molecule has 2 aromatic rings. The average molecular weight is 340 g/mol. The van der Waals surface area contributed by atoms with Crippen LogP contribution in [0.5, 0.6) is 0 Å². The minimum Gasteiger partial charge on any atom is -0.465 e. The highest BCUT2D eigenvalue weighted by Crippen LogP contribution is 2.16. The standard InChI is InChI=1S/C20H20O5/c1-12-9-10-15(11-13(12)2)18(21)14(3)25-20(23)17-8-6-5-7-16(17)19(22)24-4/h5-11,14H,1-4H3. The van der Waals surface area contributed by atoms with Crippen molar-refractivity contribution in [2.45, 2.75) is 26.9 Å². The molecule has 0 radical (unpaired) electrons. The third-order valence-corrected chi connectivity index (χ3v) is 4.00. The van der Waals surface area contributed by atoms with Crippen LogP contribution in [0.4, 0.5) is 0 Å². The van der Waals surface area contributed by atoms with E-state index in [4.69, 9.17) is 4.74 Å². The number of ether oxygens (including phenoxy) is 2. The first-order valence-corrected chi connectivity index (χ1v) is 7.85. The lowest BCUT2D eigenvalue weighted by molar-refractivity contribution is 0.0313. The maximum absolute atomic E-state index is 12.5. The molecule has 0 aromatic heterocycles. The number of Topliss-reactive ketones (excluding diaryl/α,β-unsaturated/α-hetero) is 1. The largest absolute Gasteiger partial charge is 0.465 e. The van der Waals surface area contributed by atoms with Gasteiger partial charge >= 0.3 is 11.9 Å². The van der Waals surface area contributed by atoms with Crippen LogP contribution in [0, 0.1) is 13.8 Å². The van der Waals surface area contributed by atoms with E-state index in [2.05, 4.69) is 4.74 Å². The van der Waals surface area contributed by atoms with Crippen LogP contribution < -0.4 is 0 Å². The normalized spacial score (nSPS) is 11.5. The molecule has 25 heavy (non-hydrogen) atoms. The van der Waals surface area contributed by atoms with Gasteiger partial charge in [-0.3, -0.25) is 4.79 Å². The van der Waals surface area contributed by atoms with Gasteiger partial charge in [-0.2, -0.15) is 0 Å². The number of esters is 2. The molecule has 0 aliphatic carbocycles. The van der Waals surface area contributed by atoms with Gasteiger partial charge in [-0.25, -0.2) is 9.59 Å². The first-order valence-electron chi connectivity index (χ1n) is 7.85. The Morgan fingerprint density at radius 2 is 1.48 bits per heavy atom. The van der Waals surface area contributed by atoms with Gasteiger partial charge in [0.15, 0.2) is 6.10 Å². The van der Waals surface area contributed by atoms with Gasteiger partial charge in [0, 0.05) is 5.56 Å². The lowest BCUT2D eigenvalue weighted by Crippen LogP contribution is -2.25. The summed E-state index contributed by atoms with van der Waals surface area (Å²) in [6.45, 7) is 5.38. The molecular weight excluding hydrogens is 320 g/mol. The summed E-state index contributed by atoms with van der Waals surface area (Å²) in [6, 6.07) is 11.5. The van der Waals surface area contributed by atoms with E-state index in [1.807, 2.05) is 19.9 Å². The van der Waals surface area contributed by atoms with Crippen LogP contribution >= 0.6 is 0 Å². The van der Waals surface area contributed by atoms with Gasteiger partial charge in [-0.1, -0.05) is 24.3 Å². The summed E-state index contributed by atoms with van der Waals surface area (Å²) < 4.78 is 9.92. The summed E-state index contributed by atoms with van der Waals surface area (Å²) in [5.41, 5.74) is 2.70. The molecule has 0 aliphatic heterocycles. The Morgan fingerprint density at radius 1 is 0.880 bits per heavy atom. The zero-order valence-electron chi connectivity index (χ0n) is 14.7. The van der Waals surface area contributed by atoms with Crippen molar-refractivity contribution >= 4 is 17.7 Å². The van der Waals surface area contributed by atoms with E-state index in [1.165, 1.54) is 26.2 Å². The smallest absolute Gasteiger partial charge is 0.339 e. The summed E-state index contributed by atoms with van der Waals surface area (Å²) >= 11 is 0. The number of hydrogen-bond donors (Lipinski definition) is 0. The Kier molecular flexibility index (Phi) is 5.70. The SMILES string of the molecule is COC(=O)c1ccccc1C(=O)OC(C)C(=O)c1ccc(C)c(C)c1. The lowest BCUT2D eigenvalue weighted by atomic mass is 10.0. The molecule has 2 aromatic carbocycles. The van der Waals surface area contributed by atoms with Crippen LogP contribution in [0.15, 0.2) is 42.5 Å². The van der Waals surface area contributed by atoms with Crippen molar-refractivity contribution in [3.63, 3.8) is 0 Å². The number of ketones is 1. The molecule has 0 heterocycles. The lowest BCUT2D eigenvalue weighted by Gasteiger charge is -2.14. The maximum Gasteiger partial charge on any atom is 0.339 e. The quantitative estimate of drug-likeness (QED) is 0.615. The van der Waals surface area contributed by atoms with Crippen molar-refractivity contribution in [3.05, 3.63) is 70.3 Å². The van der Waals surface area contributed by atoms with E-state index in [9.17, 15) is 14.4 Å². The van der Waals surface area contributed by atoms with Crippen LogP contribution in [0.25, 0.3) is 0 Å². The topological polar surface area (TPSA) is 69.7 Å². The number of methoxy groups -OCH3 is 1. The van der Waals surface area contributed by atoms with Crippen molar-refractivity contribution in [1.29, 1.82) is 0 Å². The molecule has 5 nitrogen and oxygen atoms in total. The highest BCUT2D eigenvalue weighted by Gasteiger charge is 2.24. The molecule has 130 valence electrons. The van der Waals surface area contributed by atoms with Gasteiger partial charge in [0.05, 0.1) is 18.2 Å². The van der Waals surface area contributed by atoms with Crippen LogP contribution in [0.3, 0.4) is 0 Å². The average Bonchev–Trinajstić information content (AvgIpc) is 2.62. The number of carbonyl (C=O) groups excluding carboxylic acids is 3. The van der Waals surface area contributed by atoms with E-state index < -0.39 is 18.0 Å². The predicted octanol–water partition coefficient (Wildman–Crippen LogP) is 3.52. The minimum atomic E-state index is -0.972. The molecule has 0 amide bonds. The second-order valence-electron chi connectivity index (χ2n) is 5.75. The monoisotopic (exact) mass is 340 g/mol. The van der Waals surface area contributed by atoms with Gasteiger partial charge < -0.3 is 9.47 Å². The van der Waals surface area contributed by atoms with Gasteiger partial charge in [-0.15, -0.1) is 0 Å². The summed E-state index contributed by atoms with van der Waals surface area (Å²) in [4.78, 5) is 36.6. The molecule has 1 atom stereocenters. The van der Waals surface area contributed by atoms with Gasteiger partial charge in [0.1, 0.15) is 0 Å². The van der Waals surface area contributed by atoms with Crippen molar-refractivity contribution in [2.75, 3.05) is 7.11 Å². The molecule has 2 rings (SSSR count). The Hall–Kier alpha value is -2.95. The van der Waals surface area contributed by atoms with Crippen LogP contribution in [0.1, 0.15) is 49.1 Å². The molecule has 0 spiro atoms. The van der Waals surface area contributed by atoms with Crippen molar-refractivity contribution in [2.24, 2.45) is 0 Å². The number of carbonyl (C=O) groups is 3. The fraction of sp³-hybridized carbons (Fsp3) is 0.250. The molecule has 0 saturated carbocycles. The third-order valence-electron chi connectivity index (χ3n) is 4.00. The molecule has 5 heteroatoms. The van der Waals surface area contributed by atoms with Gasteiger partial charge in [0.2, 0.25) is 5.78 Å². The summed E-state index contributed by atoms with van der Waals surface area (Å²) in [5, 5.41) is 0. The molecular formula is C20H20O5. The van der Waals surface area contributed by atoms with Gasteiger partial charge in [0.25, 0.3) is 0 Å². The molecule has 0 N–H and O–H groups in total. The highest BCUT2D eigenvalue weighted by atomic mass is 16.5. The first-order chi connectivity index (χ1) is 11.8. The maximum atomic E-state index is 12.5. The minimum absolute atomic E-state index is 0.0640. The zero-order chi connectivity index (χ0) is 18.6. The molecule has 0 fully saturated rings. The first kappa shape index (κ1) is 18.4. The fourth-order valence-electron chi connectivity index (χ4n) is 2.36. The highest BCUT2D eigenvalue weighted by molar-refractivity contribution is 6.05. The van der Waals surface area contributed by atoms with Crippen molar-refractivity contribution in [1.82, 2.24) is 0 Å². The van der Waals surface area contributed by atoms with E-state index in [0.717, 1.165) is 11.1 Å². The van der Waals surface area contributed by atoms with Gasteiger partial charge in [-0.05, 0) is 50.1 Å². The van der Waals surface area contributed by atoms with Crippen molar-refractivity contribution < 1.29 is 23.9 Å². The Bertz CT molecular complexity index is 823. The van der Waals surface area contributed by atoms with E-state index >= 15 is 0 Å². The Morgan fingerprint density at radius 3 is 2.04 bits per heavy atom. The van der Waals surface area contributed by atoms with E-state index in [1.54, 1.807) is 24.3 Å².